The molecule has 0 bridgehead atoms. The molecule has 1 amide bonds. The number of amides is 1. The van der Waals surface area contributed by atoms with Gasteiger partial charge in [-0.2, -0.15) is 0 Å². The lowest BCUT2D eigenvalue weighted by Gasteiger charge is -2.35. The van der Waals surface area contributed by atoms with Crippen molar-refractivity contribution >= 4 is 11.9 Å². The minimum Gasteiger partial charge on any atom is -0.446 e. The molecule has 0 aromatic carbocycles. The first kappa shape index (κ1) is 16.7. The molecule has 6 heteroatoms. The number of ether oxygens (including phenoxy) is 1. The summed E-state index contributed by atoms with van der Waals surface area (Å²) in [6.45, 7) is 2.57. The number of pyridine rings is 1. The number of piperazine rings is 1. The van der Waals surface area contributed by atoms with Crippen molar-refractivity contribution in [1.29, 1.82) is 0 Å². The second-order valence-electron chi connectivity index (χ2n) is 6.29. The number of allylic oxidation sites excluding steroid dienone is 2. The number of nitrogens with zero attached hydrogens (tertiary/aromatic N) is 3. The Kier molecular flexibility index (Phi) is 5.67. The largest absolute Gasteiger partial charge is 0.446 e. The van der Waals surface area contributed by atoms with Gasteiger partial charge in [-0.25, -0.2) is 14.2 Å². The number of aromatic nitrogens is 1. The van der Waals surface area contributed by atoms with Gasteiger partial charge in [0.05, 0.1) is 6.20 Å². The van der Waals surface area contributed by atoms with Crippen LogP contribution in [0.1, 0.15) is 32.1 Å². The van der Waals surface area contributed by atoms with Gasteiger partial charge in [-0.05, 0) is 44.2 Å². The number of rotatable bonds is 2. The van der Waals surface area contributed by atoms with E-state index in [-0.39, 0.29) is 18.0 Å². The van der Waals surface area contributed by atoms with E-state index in [1.165, 1.54) is 12.3 Å². The summed E-state index contributed by atoms with van der Waals surface area (Å²) in [5, 5.41) is 0. The first-order valence-electron chi connectivity index (χ1n) is 8.69. The lowest BCUT2D eigenvalue weighted by Crippen LogP contribution is -2.49. The van der Waals surface area contributed by atoms with Crippen molar-refractivity contribution in [2.45, 2.75) is 38.2 Å². The molecule has 0 unspecified atom stereocenters. The number of hydrogen-bond donors (Lipinski definition) is 0. The summed E-state index contributed by atoms with van der Waals surface area (Å²) in [5.41, 5.74) is 0. The second kappa shape index (κ2) is 8.13. The van der Waals surface area contributed by atoms with E-state index in [1.807, 2.05) is 0 Å². The summed E-state index contributed by atoms with van der Waals surface area (Å²) < 4.78 is 18.6. The van der Waals surface area contributed by atoms with Gasteiger partial charge in [-0.15, -0.1) is 0 Å². The zero-order valence-corrected chi connectivity index (χ0v) is 13.9. The van der Waals surface area contributed by atoms with Crippen molar-refractivity contribution in [2.75, 3.05) is 31.1 Å². The van der Waals surface area contributed by atoms with Gasteiger partial charge in [0.1, 0.15) is 17.7 Å². The van der Waals surface area contributed by atoms with E-state index in [0.717, 1.165) is 37.9 Å². The molecule has 0 radical (unpaired) electrons. The van der Waals surface area contributed by atoms with Gasteiger partial charge < -0.3 is 14.5 Å². The molecule has 1 fully saturated rings. The first-order chi connectivity index (χ1) is 11.7. The van der Waals surface area contributed by atoms with Crippen molar-refractivity contribution in [3.05, 3.63) is 36.3 Å². The van der Waals surface area contributed by atoms with Crippen molar-refractivity contribution in [1.82, 2.24) is 9.88 Å². The monoisotopic (exact) mass is 333 g/mol. The maximum atomic E-state index is 12.9. The van der Waals surface area contributed by atoms with E-state index in [2.05, 4.69) is 22.0 Å². The molecule has 0 saturated carbocycles. The summed E-state index contributed by atoms with van der Waals surface area (Å²) >= 11 is 0. The molecule has 2 heterocycles. The van der Waals surface area contributed by atoms with Gasteiger partial charge in [0.15, 0.2) is 0 Å². The standard InChI is InChI=1S/C18H24FN3O2/c19-15-8-9-17(20-14-15)21-10-12-22(13-11-21)18(23)24-16-6-4-2-1-3-5-7-16/h1-2,8-9,14,16H,3-7,10-13H2/b2-1-/t16-/m1/s1. The number of carbonyl (C=O) groups is 1. The minimum atomic E-state index is -0.338. The van der Waals surface area contributed by atoms with Crippen LogP contribution < -0.4 is 4.90 Å². The number of carbonyl (C=O) groups excluding carboxylic acids is 1. The molecule has 0 spiro atoms. The molecular weight excluding hydrogens is 309 g/mol. The van der Waals surface area contributed by atoms with Crippen LogP contribution in [-0.4, -0.2) is 48.3 Å². The fourth-order valence-electron chi connectivity index (χ4n) is 3.13. The highest BCUT2D eigenvalue weighted by Crippen LogP contribution is 2.18. The maximum absolute atomic E-state index is 12.9. The molecule has 1 aromatic rings. The normalized spacial score (nSPS) is 23.3. The topological polar surface area (TPSA) is 45.7 Å². The van der Waals surface area contributed by atoms with Gasteiger partial charge in [0.2, 0.25) is 0 Å². The van der Waals surface area contributed by atoms with Crippen LogP contribution >= 0.6 is 0 Å². The van der Waals surface area contributed by atoms with E-state index in [9.17, 15) is 9.18 Å². The molecule has 2 aliphatic rings. The molecule has 130 valence electrons. The zero-order valence-electron chi connectivity index (χ0n) is 13.9. The third-order valence-electron chi connectivity index (χ3n) is 4.56. The maximum Gasteiger partial charge on any atom is 0.410 e. The molecule has 1 aliphatic heterocycles. The van der Waals surface area contributed by atoms with E-state index < -0.39 is 0 Å². The molecule has 1 saturated heterocycles. The van der Waals surface area contributed by atoms with Crippen LogP contribution in [0.3, 0.4) is 0 Å². The quantitative estimate of drug-likeness (QED) is 0.779. The molecule has 1 aromatic heterocycles. The smallest absolute Gasteiger partial charge is 0.410 e. The van der Waals surface area contributed by atoms with Gasteiger partial charge in [-0.1, -0.05) is 12.2 Å². The van der Waals surface area contributed by atoms with Crippen LogP contribution in [0, 0.1) is 5.82 Å². The summed E-state index contributed by atoms with van der Waals surface area (Å²) in [6.07, 6.45) is 10.4. The van der Waals surface area contributed by atoms with E-state index in [1.54, 1.807) is 11.0 Å². The Bertz CT molecular complexity index is 568. The first-order valence-corrected chi connectivity index (χ1v) is 8.69. The third-order valence-corrected chi connectivity index (χ3v) is 4.56. The van der Waals surface area contributed by atoms with Crippen LogP contribution in [0.5, 0.6) is 0 Å². The summed E-state index contributed by atoms with van der Waals surface area (Å²) in [6, 6.07) is 3.08. The molecule has 1 aliphatic carbocycles. The van der Waals surface area contributed by atoms with Crippen LogP contribution in [0.4, 0.5) is 15.0 Å². The van der Waals surface area contributed by atoms with Crippen molar-refractivity contribution in [3.63, 3.8) is 0 Å². The fourth-order valence-corrected chi connectivity index (χ4v) is 3.13. The zero-order chi connectivity index (χ0) is 16.8. The fraction of sp³-hybridized carbons (Fsp3) is 0.556. The predicted molar refractivity (Wildman–Crippen MR) is 90.5 cm³/mol. The van der Waals surface area contributed by atoms with Crippen LogP contribution in [0.2, 0.25) is 0 Å². The molecular formula is C18H24FN3O2. The lowest BCUT2D eigenvalue weighted by molar-refractivity contribution is 0.0528. The van der Waals surface area contributed by atoms with E-state index >= 15 is 0 Å². The number of hydrogen-bond acceptors (Lipinski definition) is 4. The SMILES string of the molecule is O=C(O[C@@H]1CC/C=C\CCC1)N1CCN(c2ccc(F)cn2)CC1. The van der Waals surface area contributed by atoms with Crippen LogP contribution in [0.25, 0.3) is 0 Å². The molecule has 3 rings (SSSR count). The predicted octanol–water partition coefficient (Wildman–Crippen LogP) is 3.37. The number of anilines is 1. The van der Waals surface area contributed by atoms with Gasteiger partial charge in [-0.3, -0.25) is 0 Å². The Morgan fingerprint density at radius 2 is 1.92 bits per heavy atom. The van der Waals surface area contributed by atoms with Gasteiger partial charge in [0.25, 0.3) is 0 Å². The molecule has 5 nitrogen and oxygen atoms in total. The Morgan fingerprint density at radius 1 is 1.12 bits per heavy atom. The van der Waals surface area contributed by atoms with E-state index in [4.69, 9.17) is 4.74 Å². The summed E-state index contributed by atoms with van der Waals surface area (Å²) in [4.78, 5) is 20.3. The highest BCUT2D eigenvalue weighted by molar-refractivity contribution is 5.68. The Hall–Kier alpha value is -2.11. The van der Waals surface area contributed by atoms with Crippen LogP contribution in [0.15, 0.2) is 30.5 Å². The van der Waals surface area contributed by atoms with Crippen LogP contribution in [-0.2, 0) is 4.74 Å². The average Bonchev–Trinajstić information content (AvgIpc) is 2.58. The van der Waals surface area contributed by atoms with Crippen molar-refractivity contribution in [2.24, 2.45) is 0 Å². The van der Waals surface area contributed by atoms with Crippen molar-refractivity contribution in [3.8, 4) is 0 Å². The summed E-state index contributed by atoms with van der Waals surface area (Å²) in [7, 11) is 0. The summed E-state index contributed by atoms with van der Waals surface area (Å²) in [5.74, 6) is 0.409. The van der Waals surface area contributed by atoms with Gasteiger partial charge >= 0.3 is 6.09 Å². The highest BCUT2D eigenvalue weighted by atomic mass is 19.1. The Morgan fingerprint density at radius 3 is 2.67 bits per heavy atom. The van der Waals surface area contributed by atoms with Gasteiger partial charge in [0, 0.05) is 26.2 Å². The average molecular weight is 333 g/mol. The lowest BCUT2D eigenvalue weighted by atomic mass is 10.0. The molecule has 0 N–H and O–H groups in total. The second-order valence-corrected chi connectivity index (χ2v) is 6.29. The molecule has 24 heavy (non-hydrogen) atoms. The highest BCUT2D eigenvalue weighted by Gasteiger charge is 2.25. The van der Waals surface area contributed by atoms with Crippen molar-refractivity contribution < 1.29 is 13.9 Å². The van der Waals surface area contributed by atoms with E-state index in [0.29, 0.717) is 26.2 Å². The number of halogens is 1. The third kappa shape index (κ3) is 4.46. The minimum absolute atomic E-state index is 0.0271. The Balaban J connectivity index is 1.47. The Labute approximate surface area is 142 Å². The molecule has 1 atom stereocenters.